The van der Waals surface area contributed by atoms with Crippen LogP contribution >= 0.6 is 0 Å². The summed E-state index contributed by atoms with van der Waals surface area (Å²) in [5.41, 5.74) is 7.53. The van der Waals surface area contributed by atoms with Crippen LogP contribution in [0, 0.1) is 0 Å². The smallest absolute Gasteiger partial charge is 0.328 e. The lowest BCUT2D eigenvalue weighted by Crippen LogP contribution is -2.48. The van der Waals surface area contributed by atoms with Crippen LogP contribution in [0.2, 0.25) is 0 Å². The van der Waals surface area contributed by atoms with E-state index in [1.54, 1.807) is 17.2 Å². The van der Waals surface area contributed by atoms with Gasteiger partial charge < -0.3 is 21.3 Å². The van der Waals surface area contributed by atoms with Crippen LogP contribution < -0.4 is 27.4 Å². The number of nitrogens with zero attached hydrogens (tertiary/aromatic N) is 3. The van der Waals surface area contributed by atoms with E-state index < -0.39 is 5.69 Å². The minimum absolute atomic E-state index is 0.234. The van der Waals surface area contributed by atoms with Gasteiger partial charge in [0.05, 0.1) is 5.69 Å². The molecule has 0 radical (unpaired) electrons. The van der Waals surface area contributed by atoms with E-state index >= 15 is 0 Å². The first-order valence-electron chi connectivity index (χ1n) is 11.5. The Morgan fingerprint density at radius 3 is 2.62 bits per heavy atom. The van der Waals surface area contributed by atoms with Crippen molar-refractivity contribution in [3.8, 4) is 5.69 Å². The number of amides is 2. The molecule has 9 nitrogen and oxygen atoms in total. The molecule has 1 aromatic carbocycles. The second-order valence-electron chi connectivity index (χ2n) is 8.84. The summed E-state index contributed by atoms with van der Waals surface area (Å²) >= 11 is 0. The third-order valence-electron chi connectivity index (χ3n) is 6.19. The minimum Gasteiger partial charge on any atom is -0.328 e. The number of piperazine rings is 1. The molecule has 0 spiro atoms. The number of anilines is 1. The number of carbonyl (C=O) groups is 1. The highest BCUT2D eigenvalue weighted by Gasteiger charge is 2.22. The number of hydrogen-bond donors (Lipinski definition) is 4. The topological polar surface area (TPSA) is 117 Å². The molecule has 2 heterocycles. The van der Waals surface area contributed by atoms with E-state index in [4.69, 9.17) is 5.73 Å². The van der Waals surface area contributed by atoms with Crippen LogP contribution in [-0.2, 0) is 6.42 Å². The molecule has 4 rings (SSSR count). The van der Waals surface area contributed by atoms with Gasteiger partial charge in [-0.3, -0.25) is 9.88 Å². The monoisotopic (exact) mass is 439 g/mol. The first-order chi connectivity index (χ1) is 15.5. The standard InChI is InChI=1S/C23H33N7O2/c1-16(26-19-5-4-18(24)15-19)14-17-2-6-20(7-3-17)30-11-8-21(28-23(30)32)27-22(31)29-12-9-25-10-13-29/h2-3,6-8,11,16,18-19,25-26H,4-5,9-10,12-15,24H2,1H3,(H,27,28,31,32)/t16?,18-,19?/m0/s1. The Bertz CT molecular complexity index is 969. The van der Waals surface area contributed by atoms with Crippen LogP contribution in [0.1, 0.15) is 31.7 Å². The minimum atomic E-state index is -0.427. The Morgan fingerprint density at radius 2 is 1.97 bits per heavy atom. The number of rotatable bonds is 6. The largest absolute Gasteiger partial charge is 0.354 e. The maximum absolute atomic E-state index is 12.5. The van der Waals surface area contributed by atoms with E-state index in [9.17, 15) is 9.59 Å². The molecule has 32 heavy (non-hydrogen) atoms. The van der Waals surface area contributed by atoms with Crippen LogP contribution in [0.4, 0.5) is 10.6 Å². The fourth-order valence-corrected chi connectivity index (χ4v) is 4.50. The number of benzene rings is 1. The number of carbonyl (C=O) groups excluding carboxylic acids is 1. The first-order valence-corrected chi connectivity index (χ1v) is 11.5. The van der Waals surface area contributed by atoms with Gasteiger partial charge in [-0.05, 0) is 56.4 Å². The van der Waals surface area contributed by atoms with Gasteiger partial charge in [-0.15, -0.1) is 0 Å². The summed E-state index contributed by atoms with van der Waals surface area (Å²) < 4.78 is 1.48. The Balaban J connectivity index is 1.35. The molecule has 0 bridgehead atoms. The molecule has 1 saturated carbocycles. The molecule has 172 valence electrons. The average Bonchev–Trinajstić information content (AvgIpc) is 3.19. The number of aromatic nitrogens is 2. The fraction of sp³-hybridized carbons (Fsp3) is 0.522. The predicted octanol–water partition coefficient (Wildman–Crippen LogP) is 1.07. The van der Waals surface area contributed by atoms with E-state index in [0.29, 0.717) is 31.2 Å². The molecule has 2 fully saturated rings. The number of nitrogens with one attached hydrogen (secondary N) is 3. The van der Waals surface area contributed by atoms with Crippen molar-refractivity contribution >= 4 is 11.8 Å². The van der Waals surface area contributed by atoms with Gasteiger partial charge in [-0.1, -0.05) is 12.1 Å². The summed E-state index contributed by atoms with van der Waals surface area (Å²) in [6.45, 7) is 5.00. The molecule has 2 unspecified atom stereocenters. The maximum Gasteiger partial charge on any atom is 0.354 e. The summed E-state index contributed by atoms with van der Waals surface area (Å²) in [5, 5.41) is 9.59. The highest BCUT2D eigenvalue weighted by Crippen LogP contribution is 2.18. The highest BCUT2D eigenvalue weighted by atomic mass is 16.2. The van der Waals surface area contributed by atoms with Crippen molar-refractivity contribution in [3.05, 3.63) is 52.6 Å². The van der Waals surface area contributed by atoms with Gasteiger partial charge in [0, 0.05) is 50.5 Å². The van der Waals surface area contributed by atoms with Crippen LogP contribution in [0.3, 0.4) is 0 Å². The van der Waals surface area contributed by atoms with Gasteiger partial charge in [0.2, 0.25) is 0 Å². The average molecular weight is 440 g/mol. The lowest BCUT2D eigenvalue weighted by atomic mass is 10.1. The zero-order valence-corrected chi connectivity index (χ0v) is 18.6. The first kappa shape index (κ1) is 22.4. The lowest BCUT2D eigenvalue weighted by Gasteiger charge is -2.27. The van der Waals surface area contributed by atoms with Crippen molar-refractivity contribution in [2.75, 3.05) is 31.5 Å². The molecule has 1 aliphatic carbocycles. The van der Waals surface area contributed by atoms with Crippen molar-refractivity contribution in [2.45, 2.75) is 50.7 Å². The van der Waals surface area contributed by atoms with Crippen molar-refractivity contribution in [2.24, 2.45) is 5.73 Å². The number of nitrogens with two attached hydrogens (primary N) is 1. The molecular formula is C23H33N7O2. The van der Waals surface area contributed by atoms with Gasteiger partial charge in [0.25, 0.3) is 0 Å². The Morgan fingerprint density at radius 1 is 1.22 bits per heavy atom. The predicted molar refractivity (Wildman–Crippen MR) is 125 cm³/mol. The van der Waals surface area contributed by atoms with E-state index in [0.717, 1.165) is 44.5 Å². The summed E-state index contributed by atoms with van der Waals surface area (Å²) in [7, 11) is 0. The Kier molecular flexibility index (Phi) is 7.19. The molecule has 9 heteroatoms. The van der Waals surface area contributed by atoms with Crippen LogP contribution in [-0.4, -0.2) is 64.8 Å². The molecular weight excluding hydrogens is 406 g/mol. The van der Waals surface area contributed by atoms with Gasteiger partial charge in [-0.2, -0.15) is 4.98 Å². The molecule has 2 aliphatic rings. The number of hydrogen-bond acceptors (Lipinski definition) is 6. The van der Waals surface area contributed by atoms with Gasteiger partial charge in [0.1, 0.15) is 5.82 Å². The summed E-state index contributed by atoms with van der Waals surface area (Å²) in [5.74, 6) is 0.262. The summed E-state index contributed by atoms with van der Waals surface area (Å²) in [4.78, 5) is 30.6. The number of urea groups is 1. The normalized spacial score (nSPS) is 22.0. The summed E-state index contributed by atoms with van der Waals surface area (Å²) in [6.07, 6.45) is 5.85. The summed E-state index contributed by atoms with van der Waals surface area (Å²) in [6, 6.07) is 10.5. The van der Waals surface area contributed by atoms with Crippen LogP contribution in [0.5, 0.6) is 0 Å². The second kappa shape index (κ2) is 10.2. The molecule has 3 atom stereocenters. The molecule has 2 aromatic rings. The fourth-order valence-electron chi connectivity index (χ4n) is 4.50. The van der Waals surface area contributed by atoms with Crippen molar-refractivity contribution < 1.29 is 4.79 Å². The van der Waals surface area contributed by atoms with Crippen LogP contribution in [0.25, 0.3) is 5.69 Å². The van der Waals surface area contributed by atoms with Gasteiger partial charge in [-0.25, -0.2) is 9.59 Å². The van der Waals surface area contributed by atoms with Gasteiger partial charge >= 0.3 is 11.7 Å². The molecule has 1 saturated heterocycles. The van der Waals surface area contributed by atoms with Crippen molar-refractivity contribution in [3.63, 3.8) is 0 Å². The Labute approximate surface area is 188 Å². The lowest BCUT2D eigenvalue weighted by molar-refractivity contribution is 0.204. The van der Waals surface area contributed by atoms with Gasteiger partial charge in [0.15, 0.2) is 0 Å². The molecule has 1 aromatic heterocycles. The van der Waals surface area contributed by atoms with Crippen LogP contribution in [0.15, 0.2) is 41.3 Å². The van der Waals surface area contributed by atoms with E-state index in [1.165, 1.54) is 10.1 Å². The molecule has 2 amide bonds. The maximum atomic E-state index is 12.5. The van der Waals surface area contributed by atoms with E-state index in [2.05, 4.69) is 27.9 Å². The van der Waals surface area contributed by atoms with E-state index in [-0.39, 0.29) is 11.8 Å². The SMILES string of the molecule is CC(Cc1ccc(-n2ccc(NC(=O)N3CCNCC3)nc2=O)cc1)NC1CC[C@H](N)C1. The Hall–Kier alpha value is -2.75. The third-order valence-corrected chi connectivity index (χ3v) is 6.19. The molecule has 5 N–H and O–H groups in total. The third kappa shape index (κ3) is 5.73. The zero-order chi connectivity index (χ0) is 22.5. The molecule has 1 aliphatic heterocycles. The second-order valence-corrected chi connectivity index (χ2v) is 8.84. The zero-order valence-electron chi connectivity index (χ0n) is 18.6. The van der Waals surface area contributed by atoms with E-state index in [1.807, 2.05) is 24.3 Å². The van der Waals surface area contributed by atoms with Crippen molar-refractivity contribution in [1.82, 2.24) is 25.1 Å². The quantitative estimate of drug-likeness (QED) is 0.535. The van der Waals surface area contributed by atoms with Crippen molar-refractivity contribution in [1.29, 1.82) is 0 Å². The highest BCUT2D eigenvalue weighted by molar-refractivity contribution is 5.88.